The molecule has 17 heavy (non-hydrogen) atoms. The summed E-state index contributed by atoms with van der Waals surface area (Å²) < 4.78 is 3.15. The Morgan fingerprint density at radius 3 is 2.88 bits per heavy atom. The normalized spacial score (nSPS) is 11.2. The first-order valence-corrected chi connectivity index (χ1v) is 6.79. The zero-order chi connectivity index (χ0) is 12.0. The van der Waals surface area contributed by atoms with Crippen LogP contribution in [0.1, 0.15) is 0 Å². The Labute approximate surface area is 111 Å². The molecule has 0 bridgehead atoms. The van der Waals surface area contributed by atoms with Crippen LogP contribution in [0.25, 0.3) is 21.7 Å². The lowest BCUT2D eigenvalue weighted by molar-refractivity contribution is 0.962. The first-order chi connectivity index (χ1) is 8.16. The number of anilines is 1. The number of nitrogens with two attached hydrogens (primary N) is 1. The number of nitrogen functional groups attached to an aromatic ring is 1. The van der Waals surface area contributed by atoms with E-state index in [4.69, 9.17) is 5.73 Å². The zero-order valence-electron chi connectivity index (χ0n) is 9.14. The van der Waals surface area contributed by atoms with Crippen molar-refractivity contribution in [3.63, 3.8) is 0 Å². The van der Waals surface area contributed by atoms with E-state index in [1.807, 2.05) is 36.7 Å². The molecule has 2 aromatic heterocycles. The van der Waals surface area contributed by atoms with E-state index in [1.54, 1.807) is 11.3 Å². The van der Waals surface area contributed by atoms with Gasteiger partial charge in [-0.1, -0.05) is 0 Å². The molecule has 3 aromatic rings. The van der Waals surface area contributed by atoms with Gasteiger partial charge in [-0.05, 0) is 45.6 Å². The molecule has 0 atom stereocenters. The van der Waals surface area contributed by atoms with E-state index in [9.17, 15) is 0 Å². The molecule has 0 aliphatic heterocycles. The van der Waals surface area contributed by atoms with Crippen molar-refractivity contribution >= 4 is 44.0 Å². The summed E-state index contributed by atoms with van der Waals surface area (Å²) in [6.07, 6.45) is 0. The highest BCUT2D eigenvalue weighted by Crippen LogP contribution is 2.34. The van der Waals surface area contributed by atoms with E-state index in [0.29, 0.717) is 0 Å². The summed E-state index contributed by atoms with van der Waals surface area (Å²) in [7, 11) is 2.01. The largest absolute Gasteiger partial charge is 0.399 e. The second kappa shape index (κ2) is 3.85. The molecule has 3 nitrogen and oxygen atoms in total. The van der Waals surface area contributed by atoms with Gasteiger partial charge in [0.25, 0.3) is 0 Å². The molecule has 5 heteroatoms. The Kier molecular flexibility index (Phi) is 2.45. The van der Waals surface area contributed by atoms with Crippen molar-refractivity contribution in [3.8, 4) is 10.7 Å². The fraction of sp³-hybridized carbons (Fsp3) is 0.0833. The van der Waals surface area contributed by atoms with E-state index in [0.717, 1.165) is 31.9 Å². The number of imidazole rings is 1. The molecule has 86 valence electrons. The minimum absolute atomic E-state index is 0.761. The Bertz CT molecular complexity index is 699. The number of aromatic nitrogens is 2. The van der Waals surface area contributed by atoms with Gasteiger partial charge >= 0.3 is 0 Å². The number of benzene rings is 1. The molecule has 2 N–H and O–H groups in total. The van der Waals surface area contributed by atoms with Crippen molar-refractivity contribution in [2.45, 2.75) is 0 Å². The molecule has 0 radical (unpaired) electrons. The Morgan fingerprint density at radius 1 is 1.35 bits per heavy atom. The van der Waals surface area contributed by atoms with Crippen LogP contribution in [0.2, 0.25) is 0 Å². The van der Waals surface area contributed by atoms with Crippen LogP contribution in [0.4, 0.5) is 5.69 Å². The number of nitrogens with zero attached hydrogens (tertiary/aromatic N) is 2. The Hall–Kier alpha value is -1.33. The first kappa shape index (κ1) is 10.8. The average molecular weight is 308 g/mol. The topological polar surface area (TPSA) is 43.8 Å². The predicted molar refractivity (Wildman–Crippen MR) is 76.1 cm³/mol. The summed E-state index contributed by atoms with van der Waals surface area (Å²) in [5, 5.41) is 2.05. The van der Waals surface area contributed by atoms with Gasteiger partial charge in [0.2, 0.25) is 0 Å². The molecule has 0 fully saturated rings. The quantitative estimate of drug-likeness (QED) is 0.697. The van der Waals surface area contributed by atoms with Crippen LogP contribution in [0, 0.1) is 0 Å². The molecule has 0 aliphatic carbocycles. The zero-order valence-corrected chi connectivity index (χ0v) is 11.5. The molecule has 0 amide bonds. The van der Waals surface area contributed by atoms with Crippen molar-refractivity contribution in [1.82, 2.24) is 9.55 Å². The third-order valence-electron chi connectivity index (χ3n) is 2.73. The smallest absolute Gasteiger partial charge is 0.152 e. The van der Waals surface area contributed by atoms with Gasteiger partial charge in [0.15, 0.2) is 5.82 Å². The number of aryl methyl sites for hydroxylation is 1. The van der Waals surface area contributed by atoms with Crippen LogP contribution in [-0.2, 0) is 7.05 Å². The number of hydrogen-bond donors (Lipinski definition) is 1. The maximum atomic E-state index is 5.80. The summed E-state index contributed by atoms with van der Waals surface area (Å²) in [6, 6.07) is 7.82. The summed E-state index contributed by atoms with van der Waals surface area (Å²) >= 11 is 5.22. The molecule has 0 aliphatic rings. The lowest BCUT2D eigenvalue weighted by Crippen LogP contribution is -1.91. The van der Waals surface area contributed by atoms with Crippen molar-refractivity contribution < 1.29 is 0 Å². The molecular formula is C12H10BrN3S. The van der Waals surface area contributed by atoms with E-state index >= 15 is 0 Å². The highest BCUT2D eigenvalue weighted by molar-refractivity contribution is 9.10. The van der Waals surface area contributed by atoms with Gasteiger partial charge in [0.1, 0.15) is 0 Å². The standard InChI is InChI=1S/C12H10BrN3S/c1-16-10-6-7(14)2-3-9(10)15-12(16)11-8(13)4-5-17-11/h2-6H,14H2,1H3. The molecule has 0 unspecified atom stereocenters. The van der Waals surface area contributed by atoms with Gasteiger partial charge in [0, 0.05) is 17.2 Å². The maximum absolute atomic E-state index is 5.80. The highest BCUT2D eigenvalue weighted by atomic mass is 79.9. The fourth-order valence-electron chi connectivity index (χ4n) is 1.86. The fourth-order valence-corrected chi connectivity index (χ4v) is 3.44. The molecule has 3 rings (SSSR count). The third-order valence-corrected chi connectivity index (χ3v) is 4.56. The number of thiophene rings is 1. The van der Waals surface area contributed by atoms with E-state index in [-0.39, 0.29) is 0 Å². The monoisotopic (exact) mass is 307 g/mol. The van der Waals surface area contributed by atoms with Gasteiger partial charge in [-0.3, -0.25) is 0 Å². The summed E-state index contributed by atoms with van der Waals surface area (Å²) in [5.41, 5.74) is 8.59. The highest BCUT2D eigenvalue weighted by Gasteiger charge is 2.13. The molecule has 0 saturated heterocycles. The van der Waals surface area contributed by atoms with E-state index in [1.165, 1.54) is 0 Å². The van der Waals surface area contributed by atoms with Crippen molar-refractivity contribution in [2.75, 3.05) is 5.73 Å². The van der Waals surface area contributed by atoms with E-state index < -0.39 is 0 Å². The van der Waals surface area contributed by atoms with Gasteiger partial charge in [0.05, 0.1) is 15.9 Å². The Balaban J connectivity index is 2.32. The van der Waals surface area contributed by atoms with Gasteiger partial charge < -0.3 is 10.3 Å². The Morgan fingerprint density at radius 2 is 2.18 bits per heavy atom. The van der Waals surface area contributed by atoms with Crippen LogP contribution in [0.15, 0.2) is 34.1 Å². The lowest BCUT2D eigenvalue weighted by Gasteiger charge is -2.00. The number of hydrogen-bond acceptors (Lipinski definition) is 3. The predicted octanol–water partition coefficient (Wildman–Crippen LogP) is 3.65. The molecule has 0 saturated carbocycles. The van der Waals surface area contributed by atoms with Crippen LogP contribution >= 0.6 is 27.3 Å². The number of rotatable bonds is 1. The lowest BCUT2D eigenvalue weighted by atomic mass is 10.3. The number of fused-ring (bicyclic) bond motifs is 1. The second-order valence-electron chi connectivity index (χ2n) is 3.84. The molecular weight excluding hydrogens is 298 g/mol. The second-order valence-corrected chi connectivity index (χ2v) is 5.61. The maximum Gasteiger partial charge on any atom is 0.152 e. The SMILES string of the molecule is Cn1c(-c2sccc2Br)nc2ccc(N)cc21. The van der Waals surface area contributed by atoms with Crippen molar-refractivity contribution in [2.24, 2.45) is 7.05 Å². The van der Waals surface area contributed by atoms with E-state index in [2.05, 4.69) is 25.5 Å². The van der Waals surface area contributed by atoms with Crippen LogP contribution in [0.5, 0.6) is 0 Å². The molecule has 0 spiro atoms. The molecule has 2 heterocycles. The van der Waals surface area contributed by atoms with Gasteiger partial charge in [-0.15, -0.1) is 11.3 Å². The summed E-state index contributed by atoms with van der Waals surface area (Å²) in [4.78, 5) is 5.79. The van der Waals surface area contributed by atoms with Crippen LogP contribution in [-0.4, -0.2) is 9.55 Å². The van der Waals surface area contributed by atoms with Gasteiger partial charge in [-0.2, -0.15) is 0 Å². The summed E-state index contributed by atoms with van der Waals surface area (Å²) in [5.74, 6) is 0.965. The molecule has 1 aromatic carbocycles. The third kappa shape index (κ3) is 1.66. The van der Waals surface area contributed by atoms with Crippen molar-refractivity contribution in [3.05, 3.63) is 34.1 Å². The van der Waals surface area contributed by atoms with Crippen LogP contribution in [0.3, 0.4) is 0 Å². The number of halogens is 1. The summed E-state index contributed by atoms with van der Waals surface area (Å²) in [6.45, 7) is 0. The minimum Gasteiger partial charge on any atom is -0.399 e. The van der Waals surface area contributed by atoms with Crippen LogP contribution < -0.4 is 5.73 Å². The van der Waals surface area contributed by atoms with Gasteiger partial charge in [-0.25, -0.2) is 4.98 Å². The van der Waals surface area contributed by atoms with Crippen molar-refractivity contribution in [1.29, 1.82) is 0 Å². The minimum atomic E-state index is 0.761. The average Bonchev–Trinajstić information content (AvgIpc) is 2.84. The first-order valence-electron chi connectivity index (χ1n) is 5.12.